The lowest BCUT2D eigenvalue weighted by Crippen LogP contribution is -2.22. The van der Waals surface area contributed by atoms with Crippen LogP contribution in [-0.4, -0.2) is 44.6 Å². The summed E-state index contributed by atoms with van der Waals surface area (Å²) in [6, 6.07) is 10.5. The zero-order chi connectivity index (χ0) is 32.4. The summed E-state index contributed by atoms with van der Waals surface area (Å²) in [5.41, 5.74) is 6.25. The Bertz CT molecular complexity index is 2110. The van der Waals surface area contributed by atoms with E-state index in [-0.39, 0.29) is 23.9 Å². The number of carbonyl (C=O) groups excluding carboxylic acids is 1. The molecule has 2 atom stereocenters. The first kappa shape index (κ1) is 29.6. The van der Waals surface area contributed by atoms with E-state index in [2.05, 4.69) is 27.6 Å². The van der Waals surface area contributed by atoms with Gasteiger partial charge in [0.25, 0.3) is 11.8 Å². The van der Waals surface area contributed by atoms with Crippen molar-refractivity contribution in [3.8, 4) is 27.6 Å². The van der Waals surface area contributed by atoms with Gasteiger partial charge in [0.15, 0.2) is 0 Å². The molecule has 0 unspecified atom stereocenters. The number of methoxy groups -OCH3 is 1. The molecule has 1 amide bonds. The largest absolute Gasteiger partial charge is 0.496 e. The number of anilines is 1. The molecular formula is C37H38N6O4S. The predicted molar refractivity (Wildman–Crippen MR) is 185 cm³/mol. The van der Waals surface area contributed by atoms with Crippen molar-refractivity contribution < 1.29 is 13.9 Å². The van der Waals surface area contributed by atoms with Gasteiger partial charge in [-0.1, -0.05) is 44.2 Å². The number of amides is 1. The first-order chi connectivity index (χ1) is 23.6. The summed E-state index contributed by atoms with van der Waals surface area (Å²) in [7, 11) is 1.72. The second kappa shape index (κ2) is 11.9. The van der Waals surface area contributed by atoms with Gasteiger partial charge in [-0.25, -0.2) is 14.9 Å². The molecule has 10 nitrogen and oxygen atoms in total. The third-order valence-corrected chi connectivity index (χ3v) is 12.1. The van der Waals surface area contributed by atoms with Crippen LogP contribution in [0.1, 0.15) is 103 Å². The molecule has 0 radical (unpaired) electrons. The van der Waals surface area contributed by atoms with Crippen LogP contribution in [0.15, 0.2) is 45.7 Å². The van der Waals surface area contributed by atoms with Crippen LogP contribution >= 0.6 is 11.3 Å². The van der Waals surface area contributed by atoms with Crippen molar-refractivity contribution in [1.29, 1.82) is 0 Å². The van der Waals surface area contributed by atoms with Crippen LogP contribution in [0, 0.1) is 5.92 Å². The van der Waals surface area contributed by atoms with Crippen molar-refractivity contribution in [3.63, 3.8) is 0 Å². The molecule has 0 spiro atoms. The summed E-state index contributed by atoms with van der Waals surface area (Å²) >= 11 is 1.61. The summed E-state index contributed by atoms with van der Waals surface area (Å²) in [5.74, 6) is 1.95. The van der Waals surface area contributed by atoms with E-state index in [0.717, 1.165) is 88.6 Å². The van der Waals surface area contributed by atoms with Crippen molar-refractivity contribution in [2.45, 2.75) is 82.7 Å². The van der Waals surface area contributed by atoms with Gasteiger partial charge in [-0.2, -0.15) is 0 Å². The van der Waals surface area contributed by atoms with Gasteiger partial charge in [-0.3, -0.25) is 9.78 Å². The minimum atomic E-state index is -0.623. The number of hydrogen-bond donors (Lipinski definition) is 2. The van der Waals surface area contributed by atoms with Crippen LogP contribution < -0.4 is 15.8 Å². The maximum atomic E-state index is 14.2. The third kappa shape index (κ3) is 4.84. The summed E-state index contributed by atoms with van der Waals surface area (Å²) in [6.07, 6.45) is 13.7. The van der Waals surface area contributed by atoms with Gasteiger partial charge in [0.05, 0.1) is 46.4 Å². The van der Waals surface area contributed by atoms with Gasteiger partial charge in [0.2, 0.25) is 0 Å². The van der Waals surface area contributed by atoms with E-state index in [1.54, 1.807) is 18.4 Å². The molecule has 11 heteroatoms. The Hall–Kier alpha value is -4.51. The fourth-order valence-electron chi connectivity index (χ4n) is 8.68. The minimum absolute atomic E-state index is 0.00148. The number of aromatic amines is 1. The van der Waals surface area contributed by atoms with E-state index < -0.39 is 5.76 Å². The summed E-state index contributed by atoms with van der Waals surface area (Å²) in [4.78, 5) is 39.5. The zero-order valence-corrected chi connectivity index (χ0v) is 27.8. The fraction of sp³-hybridized carbons (Fsp3) is 0.432. The highest BCUT2D eigenvalue weighted by atomic mass is 32.1. The van der Waals surface area contributed by atoms with Crippen molar-refractivity contribution >= 4 is 33.1 Å². The number of rotatable bonds is 8. The molecule has 5 aromatic rings. The smallest absolute Gasteiger partial charge is 0.434 e. The van der Waals surface area contributed by atoms with Crippen LogP contribution in [-0.2, 0) is 12.8 Å². The molecule has 1 saturated carbocycles. The molecule has 9 rings (SSSR count). The second-order valence-electron chi connectivity index (χ2n) is 13.6. The Kier molecular flexibility index (Phi) is 7.33. The molecule has 4 aromatic heterocycles. The highest BCUT2D eigenvalue weighted by Crippen LogP contribution is 2.51. The Balaban J connectivity index is 1.19. The van der Waals surface area contributed by atoms with E-state index in [1.165, 1.54) is 43.2 Å². The number of fused-ring (bicyclic) bond motifs is 5. The number of aromatic nitrogens is 4. The van der Waals surface area contributed by atoms with Crippen LogP contribution in [0.5, 0.6) is 5.75 Å². The number of aryl methyl sites for hydroxylation is 1. The Morgan fingerprint density at radius 1 is 1.06 bits per heavy atom. The van der Waals surface area contributed by atoms with E-state index in [4.69, 9.17) is 19.1 Å². The number of H-pyrrole nitrogens is 1. The molecular weight excluding hydrogens is 625 g/mol. The molecule has 2 aliphatic carbocycles. The molecule has 0 bridgehead atoms. The Morgan fingerprint density at radius 3 is 2.79 bits per heavy atom. The summed E-state index contributed by atoms with van der Waals surface area (Å²) in [6.45, 7) is 0.724. The zero-order valence-electron chi connectivity index (χ0n) is 27.0. The first-order valence-corrected chi connectivity index (χ1v) is 18.1. The van der Waals surface area contributed by atoms with Crippen LogP contribution in [0.3, 0.4) is 0 Å². The molecule has 2 fully saturated rings. The van der Waals surface area contributed by atoms with E-state index >= 15 is 0 Å². The number of thiophene rings is 1. The van der Waals surface area contributed by atoms with Crippen molar-refractivity contribution in [1.82, 2.24) is 25.1 Å². The predicted octanol–water partition coefficient (Wildman–Crippen LogP) is 7.61. The SMILES string of the molecule is COc1cccc2c1CC[C@H]2Nc1nccc2cc(-c3c4c(nc(CCC5CCCCC5)c3-c3n[nH]c(=O)o3)[C@@H]3CCCN3C4=O)sc12. The molecule has 6 heterocycles. The lowest BCUT2D eigenvalue weighted by Gasteiger charge is -2.22. The second-order valence-corrected chi connectivity index (χ2v) is 14.7. The number of nitrogens with zero attached hydrogens (tertiary/aromatic N) is 4. The molecule has 1 saturated heterocycles. The van der Waals surface area contributed by atoms with Crippen LogP contribution in [0.4, 0.5) is 5.82 Å². The van der Waals surface area contributed by atoms with Gasteiger partial charge in [0.1, 0.15) is 11.6 Å². The lowest BCUT2D eigenvalue weighted by atomic mass is 9.84. The molecule has 1 aromatic carbocycles. The number of hydrogen-bond acceptors (Lipinski definition) is 9. The van der Waals surface area contributed by atoms with Crippen molar-refractivity contribution in [2.24, 2.45) is 5.92 Å². The monoisotopic (exact) mass is 662 g/mol. The number of carbonyl (C=O) groups is 1. The number of benzene rings is 1. The molecule has 246 valence electrons. The highest BCUT2D eigenvalue weighted by molar-refractivity contribution is 7.23. The minimum Gasteiger partial charge on any atom is -0.496 e. The highest BCUT2D eigenvalue weighted by Gasteiger charge is 2.45. The Morgan fingerprint density at radius 2 is 1.96 bits per heavy atom. The average molecular weight is 663 g/mol. The number of ether oxygens (including phenoxy) is 1. The molecule has 2 aliphatic heterocycles. The van der Waals surface area contributed by atoms with Gasteiger partial charge < -0.3 is 19.4 Å². The molecule has 2 N–H and O–H groups in total. The topological polar surface area (TPSA) is 126 Å². The normalized spacial score (nSPS) is 20.4. The van der Waals surface area contributed by atoms with Gasteiger partial charge in [-0.05, 0) is 79.2 Å². The molecule has 4 aliphatic rings. The van der Waals surface area contributed by atoms with Crippen LogP contribution in [0.2, 0.25) is 0 Å². The third-order valence-electron chi connectivity index (χ3n) is 10.9. The maximum absolute atomic E-state index is 14.2. The van der Waals surface area contributed by atoms with Crippen molar-refractivity contribution in [2.75, 3.05) is 19.0 Å². The van der Waals surface area contributed by atoms with E-state index in [9.17, 15) is 9.59 Å². The number of nitrogens with one attached hydrogen (secondary N) is 2. The standard InChI is InChI=1S/C37H38N6O4S/c1-46-27-11-5-9-22-23(27)13-15-24(22)40-34-33-21(16-17-38-34)19-28(48-33)30-29(35-41-42-37(45)47-35)25(14-12-20-7-3-2-4-8-20)39-32-26-10-6-18-43(26)36(44)31(30)32/h5,9,11,16-17,19-20,24,26H,2-4,6-8,10,12-15,18H2,1H3,(H,38,40)(H,42,45)/t24-,26+/m1/s1. The quantitative estimate of drug-likeness (QED) is 0.174. The maximum Gasteiger partial charge on any atom is 0.434 e. The first-order valence-electron chi connectivity index (χ1n) is 17.3. The molecule has 48 heavy (non-hydrogen) atoms. The van der Waals surface area contributed by atoms with E-state index in [1.807, 2.05) is 29.3 Å². The van der Waals surface area contributed by atoms with Gasteiger partial charge >= 0.3 is 5.76 Å². The summed E-state index contributed by atoms with van der Waals surface area (Å²) < 4.78 is 12.3. The summed E-state index contributed by atoms with van der Waals surface area (Å²) in [5, 5.41) is 11.6. The van der Waals surface area contributed by atoms with Crippen molar-refractivity contribution in [3.05, 3.63) is 75.2 Å². The van der Waals surface area contributed by atoms with Crippen LogP contribution in [0.25, 0.3) is 32.0 Å². The van der Waals surface area contributed by atoms with E-state index in [0.29, 0.717) is 17.0 Å². The van der Waals surface area contributed by atoms with Gasteiger partial charge in [-0.15, -0.1) is 16.4 Å². The fourth-order valence-corrected chi connectivity index (χ4v) is 9.84. The average Bonchev–Trinajstić information content (AvgIpc) is 3.95. The Labute approximate surface area is 281 Å². The van der Waals surface area contributed by atoms with Gasteiger partial charge in [0, 0.05) is 23.2 Å². The number of pyridine rings is 2. The lowest BCUT2D eigenvalue weighted by molar-refractivity contribution is 0.0776.